The van der Waals surface area contributed by atoms with Crippen LogP contribution >= 0.6 is 0 Å². The Balaban J connectivity index is 0.000000120. The first-order valence-corrected chi connectivity index (χ1v) is 3.67. The van der Waals surface area contributed by atoms with Gasteiger partial charge in [0.2, 0.25) is 0 Å². The third kappa shape index (κ3) is 4.11. The van der Waals surface area contributed by atoms with E-state index in [0.717, 1.165) is 0 Å². The predicted molar refractivity (Wildman–Crippen MR) is 43.8 cm³/mol. The van der Waals surface area contributed by atoms with E-state index in [0.29, 0.717) is 0 Å². The molecule has 0 aliphatic heterocycles. The highest BCUT2D eigenvalue weighted by Crippen LogP contribution is 1.68. The largest absolute Gasteiger partial charge is 0.283 e. The standard InChI is InChI=1S/C5H5N.C4H4N2/c1-2-4-6-5-3-1;1-2-5-4-6-3-1/h1-5H;1-4H/p+2. The second kappa shape index (κ2) is 5.97. The summed E-state index contributed by atoms with van der Waals surface area (Å²) in [7, 11) is 0. The Morgan fingerprint density at radius 3 is 1.67 bits per heavy atom. The molecule has 12 heavy (non-hydrogen) atoms. The average Bonchev–Trinajstić information content (AvgIpc) is 2.24. The topological polar surface area (TPSA) is 41.2 Å². The normalized spacial score (nSPS) is 8.00. The number of aromatic nitrogens is 3. The van der Waals surface area contributed by atoms with Gasteiger partial charge in [0.25, 0.3) is 6.33 Å². The number of aromatic amines is 2. The molecule has 0 amide bonds. The van der Waals surface area contributed by atoms with Crippen molar-refractivity contribution in [3.63, 3.8) is 0 Å². The van der Waals surface area contributed by atoms with Gasteiger partial charge in [-0.1, -0.05) is 11.1 Å². The highest BCUT2D eigenvalue weighted by molar-refractivity contribution is 4.82. The monoisotopic (exact) mass is 161 g/mol. The summed E-state index contributed by atoms with van der Waals surface area (Å²) in [5, 5.41) is 0. The number of hydrogen-bond donors (Lipinski definition) is 0. The molecule has 0 fully saturated rings. The van der Waals surface area contributed by atoms with Crippen LogP contribution in [0.2, 0.25) is 0 Å². The second-order valence-corrected chi connectivity index (χ2v) is 2.03. The lowest BCUT2D eigenvalue weighted by atomic mass is 10.5. The summed E-state index contributed by atoms with van der Waals surface area (Å²) < 4.78 is 0. The van der Waals surface area contributed by atoms with Crippen molar-refractivity contribution in [1.82, 2.24) is 4.98 Å². The van der Waals surface area contributed by atoms with Crippen LogP contribution in [0.1, 0.15) is 0 Å². The van der Waals surface area contributed by atoms with Crippen molar-refractivity contribution in [1.29, 1.82) is 0 Å². The SMILES string of the molecule is c1cc[nH+]cc1.c1cnc[nH+]c1. The van der Waals surface area contributed by atoms with Gasteiger partial charge in [0.1, 0.15) is 6.20 Å². The van der Waals surface area contributed by atoms with Gasteiger partial charge in [0.15, 0.2) is 12.4 Å². The van der Waals surface area contributed by atoms with Crippen LogP contribution in [0.4, 0.5) is 0 Å². The fourth-order valence-corrected chi connectivity index (χ4v) is 0.619. The van der Waals surface area contributed by atoms with E-state index >= 15 is 0 Å². The lowest BCUT2D eigenvalue weighted by Gasteiger charge is -1.63. The second-order valence-electron chi connectivity index (χ2n) is 2.03. The zero-order chi connectivity index (χ0) is 8.49. The smallest absolute Gasteiger partial charge is 0.250 e. The molecule has 0 aromatic carbocycles. The van der Waals surface area contributed by atoms with Gasteiger partial charge in [-0.2, -0.15) is 0 Å². The van der Waals surface area contributed by atoms with Crippen molar-refractivity contribution < 1.29 is 9.97 Å². The summed E-state index contributed by atoms with van der Waals surface area (Å²) in [6.07, 6.45) is 8.91. The van der Waals surface area contributed by atoms with Crippen molar-refractivity contribution in [3.05, 3.63) is 55.4 Å². The van der Waals surface area contributed by atoms with E-state index < -0.39 is 0 Å². The summed E-state index contributed by atoms with van der Waals surface area (Å²) >= 11 is 0. The first-order valence-electron chi connectivity index (χ1n) is 3.67. The maximum absolute atomic E-state index is 3.73. The maximum atomic E-state index is 3.73. The molecule has 2 rings (SSSR count). The molecule has 60 valence electrons. The Labute approximate surface area is 71.2 Å². The van der Waals surface area contributed by atoms with E-state index in [1.54, 1.807) is 12.5 Å². The van der Waals surface area contributed by atoms with Crippen molar-refractivity contribution in [2.24, 2.45) is 0 Å². The van der Waals surface area contributed by atoms with Gasteiger partial charge in [0, 0.05) is 18.2 Å². The van der Waals surface area contributed by atoms with E-state index in [1.807, 2.05) is 42.9 Å². The van der Waals surface area contributed by atoms with Crippen LogP contribution in [0.5, 0.6) is 0 Å². The first-order chi connectivity index (χ1) is 6.00. The summed E-state index contributed by atoms with van der Waals surface area (Å²) in [6, 6.07) is 7.69. The van der Waals surface area contributed by atoms with Crippen molar-refractivity contribution in [3.8, 4) is 0 Å². The maximum Gasteiger partial charge on any atom is 0.283 e. The fraction of sp³-hybridized carbons (Fsp3) is 0. The number of pyridine rings is 1. The Bertz CT molecular complexity index is 185. The van der Waals surface area contributed by atoms with Crippen LogP contribution in [-0.2, 0) is 0 Å². The van der Waals surface area contributed by atoms with Crippen LogP contribution in [0.25, 0.3) is 0 Å². The van der Waals surface area contributed by atoms with E-state index in [4.69, 9.17) is 0 Å². The third-order valence-electron chi connectivity index (χ3n) is 1.12. The van der Waals surface area contributed by atoms with Crippen LogP contribution in [0, 0.1) is 0 Å². The lowest BCUT2D eigenvalue weighted by molar-refractivity contribution is -0.382. The van der Waals surface area contributed by atoms with Gasteiger partial charge >= 0.3 is 0 Å². The minimum absolute atomic E-state index is 1.62. The van der Waals surface area contributed by atoms with E-state index in [-0.39, 0.29) is 0 Å². The molecule has 2 N–H and O–H groups in total. The summed E-state index contributed by atoms with van der Waals surface area (Å²) in [4.78, 5) is 9.40. The molecule has 3 heteroatoms. The molecule has 0 aliphatic carbocycles. The molecule has 0 saturated heterocycles. The van der Waals surface area contributed by atoms with E-state index in [1.165, 1.54) is 0 Å². The minimum atomic E-state index is 1.62. The van der Waals surface area contributed by atoms with E-state index in [2.05, 4.69) is 15.0 Å². The van der Waals surface area contributed by atoms with E-state index in [9.17, 15) is 0 Å². The molecule has 0 aliphatic rings. The fourth-order valence-electron chi connectivity index (χ4n) is 0.619. The lowest BCUT2D eigenvalue weighted by Crippen LogP contribution is -1.96. The average molecular weight is 161 g/mol. The number of rotatable bonds is 0. The van der Waals surface area contributed by atoms with Crippen LogP contribution in [-0.4, -0.2) is 4.98 Å². The number of hydrogen-bond acceptors (Lipinski definition) is 1. The molecule has 0 bridgehead atoms. The molecule has 0 radical (unpaired) electrons. The first kappa shape index (κ1) is 8.33. The predicted octanol–water partition coefficient (Wildman–Crippen LogP) is 0.396. The Hall–Kier alpha value is -1.77. The molecule has 2 heterocycles. The third-order valence-corrected chi connectivity index (χ3v) is 1.12. The number of H-pyrrole nitrogens is 2. The van der Waals surface area contributed by atoms with Crippen molar-refractivity contribution in [2.45, 2.75) is 0 Å². The van der Waals surface area contributed by atoms with Gasteiger partial charge in [-0.15, -0.1) is 0 Å². The van der Waals surface area contributed by atoms with Crippen molar-refractivity contribution >= 4 is 0 Å². The van der Waals surface area contributed by atoms with Gasteiger partial charge in [0.05, 0.1) is 6.20 Å². The zero-order valence-corrected chi connectivity index (χ0v) is 6.64. The molecule has 3 nitrogen and oxygen atoms in total. The van der Waals surface area contributed by atoms with Gasteiger partial charge < -0.3 is 0 Å². The van der Waals surface area contributed by atoms with Crippen LogP contribution in [0.3, 0.4) is 0 Å². The quantitative estimate of drug-likeness (QED) is 0.551. The summed E-state index contributed by atoms with van der Waals surface area (Å²) in [6.45, 7) is 0. The molecule has 0 atom stereocenters. The van der Waals surface area contributed by atoms with Gasteiger partial charge in [-0.05, 0) is 0 Å². The Morgan fingerprint density at radius 1 is 0.750 bits per heavy atom. The van der Waals surface area contributed by atoms with Crippen LogP contribution < -0.4 is 9.97 Å². The van der Waals surface area contributed by atoms with Gasteiger partial charge in [-0.25, -0.2) is 4.98 Å². The molecule has 0 saturated carbocycles. The molecule has 2 aromatic heterocycles. The highest BCUT2D eigenvalue weighted by atomic mass is 14.8. The van der Waals surface area contributed by atoms with Crippen LogP contribution in [0.15, 0.2) is 55.4 Å². The zero-order valence-electron chi connectivity index (χ0n) is 6.64. The minimum Gasteiger partial charge on any atom is -0.250 e. The molecular weight excluding hydrogens is 150 g/mol. The van der Waals surface area contributed by atoms with Crippen molar-refractivity contribution in [2.75, 3.05) is 0 Å². The summed E-state index contributed by atoms with van der Waals surface area (Å²) in [5.74, 6) is 0. The Kier molecular flexibility index (Phi) is 4.15. The molecule has 0 unspecified atom stereocenters. The highest BCUT2D eigenvalue weighted by Gasteiger charge is 1.69. The molecule has 0 spiro atoms. The molecular formula is C9H11N3+2. The summed E-state index contributed by atoms with van der Waals surface area (Å²) in [5.41, 5.74) is 0. The molecule has 2 aromatic rings. The Morgan fingerprint density at radius 2 is 1.50 bits per heavy atom. The number of nitrogens with zero attached hydrogens (tertiary/aromatic N) is 1. The number of nitrogens with one attached hydrogen (secondary N) is 2. The van der Waals surface area contributed by atoms with Gasteiger partial charge in [-0.3, -0.25) is 4.98 Å².